The van der Waals surface area contributed by atoms with Crippen LogP contribution in [0.5, 0.6) is 6.01 Å². The lowest BCUT2D eigenvalue weighted by Gasteiger charge is -2.34. The maximum Gasteiger partial charge on any atom is 0.318 e. The van der Waals surface area contributed by atoms with Crippen LogP contribution in [-0.2, 0) is 22.6 Å². The van der Waals surface area contributed by atoms with E-state index in [9.17, 15) is 9.59 Å². The van der Waals surface area contributed by atoms with Crippen LogP contribution < -0.4 is 19.9 Å². The number of anilines is 2. The Morgan fingerprint density at radius 1 is 0.951 bits per heavy atom. The summed E-state index contributed by atoms with van der Waals surface area (Å²) in [5, 5.41) is 5.03. The van der Waals surface area contributed by atoms with Gasteiger partial charge in [0.1, 0.15) is 12.4 Å². The van der Waals surface area contributed by atoms with Gasteiger partial charge < -0.3 is 14.5 Å². The van der Waals surface area contributed by atoms with E-state index in [2.05, 4.69) is 63.3 Å². The molecule has 8 rings (SSSR count). The molecule has 2 aromatic carbocycles. The van der Waals surface area contributed by atoms with Gasteiger partial charge in [0.2, 0.25) is 11.8 Å². The van der Waals surface area contributed by atoms with Gasteiger partial charge in [0.15, 0.2) is 0 Å². The Kier molecular flexibility index (Phi) is 5.74. The fourth-order valence-electron chi connectivity index (χ4n) is 8.16. The van der Waals surface area contributed by atoms with Gasteiger partial charge in [-0.2, -0.15) is 9.97 Å². The minimum absolute atomic E-state index is 0.0983. The number of hydrogen-bond acceptors (Lipinski definition) is 8. The Balaban J connectivity index is 1.15. The molecule has 0 radical (unpaired) electrons. The SMILES string of the molecule is Cc1cccc2cccc(N3CCc4c(nc(OCC56CCCN5CCC6)nc4N4CC5C(=O)NC(=O)C5C4)C3)c12. The summed E-state index contributed by atoms with van der Waals surface area (Å²) < 4.78 is 6.47. The number of hydrogen-bond donors (Lipinski definition) is 1. The molecule has 9 nitrogen and oxygen atoms in total. The van der Waals surface area contributed by atoms with Crippen LogP contribution in [0.4, 0.5) is 11.5 Å². The van der Waals surface area contributed by atoms with Crippen molar-refractivity contribution in [1.29, 1.82) is 0 Å². The predicted octanol–water partition coefficient (Wildman–Crippen LogP) is 3.22. The van der Waals surface area contributed by atoms with Gasteiger partial charge in [0.05, 0.1) is 29.6 Å². The molecule has 2 amide bonds. The molecule has 6 heterocycles. The number of nitrogens with one attached hydrogen (secondary N) is 1. The number of nitrogens with zero attached hydrogens (tertiary/aromatic N) is 5. The van der Waals surface area contributed by atoms with Gasteiger partial charge in [-0.05, 0) is 69.1 Å². The van der Waals surface area contributed by atoms with Crippen molar-refractivity contribution in [2.24, 2.45) is 11.8 Å². The quantitative estimate of drug-likeness (QED) is 0.483. The number of aryl methyl sites for hydroxylation is 1. The van der Waals surface area contributed by atoms with Crippen LogP contribution in [0.1, 0.15) is 42.5 Å². The number of amides is 2. The molecule has 0 aliphatic carbocycles. The first-order chi connectivity index (χ1) is 20.0. The summed E-state index contributed by atoms with van der Waals surface area (Å²) >= 11 is 0. The number of carbonyl (C=O) groups is 2. The van der Waals surface area contributed by atoms with Crippen LogP contribution >= 0.6 is 0 Å². The second kappa shape index (κ2) is 9.41. The van der Waals surface area contributed by atoms with E-state index >= 15 is 0 Å². The lowest BCUT2D eigenvalue weighted by Crippen LogP contribution is -2.43. The Morgan fingerprint density at radius 2 is 1.68 bits per heavy atom. The van der Waals surface area contributed by atoms with Crippen molar-refractivity contribution in [3.63, 3.8) is 0 Å². The van der Waals surface area contributed by atoms with Crippen molar-refractivity contribution in [3.05, 3.63) is 53.2 Å². The average Bonchev–Trinajstić information content (AvgIpc) is 3.74. The molecule has 1 N–H and O–H groups in total. The fraction of sp³-hybridized carbons (Fsp3) is 0.500. The number of ether oxygens (including phenoxy) is 1. The largest absolute Gasteiger partial charge is 0.461 e. The lowest BCUT2D eigenvalue weighted by molar-refractivity contribution is -0.126. The van der Waals surface area contributed by atoms with Gasteiger partial charge >= 0.3 is 6.01 Å². The molecule has 3 aromatic rings. The van der Waals surface area contributed by atoms with E-state index in [1.165, 1.54) is 34.9 Å². The third-order valence-electron chi connectivity index (χ3n) is 10.3. The highest BCUT2D eigenvalue weighted by atomic mass is 16.5. The highest BCUT2D eigenvalue weighted by Crippen LogP contribution is 2.41. The van der Waals surface area contributed by atoms with Gasteiger partial charge in [0, 0.05) is 36.3 Å². The topological polar surface area (TPSA) is 90.9 Å². The van der Waals surface area contributed by atoms with Crippen LogP contribution in [-0.4, -0.2) is 71.6 Å². The maximum absolute atomic E-state index is 12.5. The summed E-state index contributed by atoms with van der Waals surface area (Å²) in [5.74, 6) is -0.135. The van der Waals surface area contributed by atoms with Gasteiger partial charge in [-0.1, -0.05) is 30.3 Å². The molecule has 212 valence electrons. The van der Waals surface area contributed by atoms with Gasteiger partial charge in [-0.25, -0.2) is 0 Å². The Bertz CT molecular complexity index is 1540. The molecule has 2 atom stereocenters. The molecule has 41 heavy (non-hydrogen) atoms. The Morgan fingerprint density at radius 3 is 2.44 bits per heavy atom. The molecule has 1 aromatic heterocycles. The molecule has 5 aliphatic heterocycles. The molecular formula is C32H36N6O3. The molecule has 4 saturated heterocycles. The summed E-state index contributed by atoms with van der Waals surface area (Å²) in [7, 11) is 0. The van der Waals surface area contributed by atoms with Crippen molar-refractivity contribution in [1.82, 2.24) is 20.2 Å². The molecule has 0 spiro atoms. The van der Waals surface area contributed by atoms with Crippen LogP contribution in [0.25, 0.3) is 10.8 Å². The molecule has 0 bridgehead atoms. The molecule has 0 saturated carbocycles. The van der Waals surface area contributed by atoms with Crippen molar-refractivity contribution < 1.29 is 14.3 Å². The summed E-state index contributed by atoms with van der Waals surface area (Å²) in [6.07, 6.45) is 5.53. The van der Waals surface area contributed by atoms with Crippen LogP contribution in [0.15, 0.2) is 36.4 Å². The van der Waals surface area contributed by atoms with E-state index in [4.69, 9.17) is 14.7 Å². The van der Waals surface area contributed by atoms with Crippen molar-refractivity contribution >= 4 is 34.1 Å². The highest BCUT2D eigenvalue weighted by molar-refractivity contribution is 6.06. The van der Waals surface area contributed by atoms with Crippen molar-refractivity contribution in [2.75, 3.05) is 49.1 Å². The van der Waals surface area contributed by atoms with Crippen LogP contribution in [0.3, 0.4) is 0 Å². The number of aromatic nitrogens is 2. The van der Waals surface area contributed by atoms with E-state index in [1.54, 1.807) is 0 Å². The average molecular weight is 553 g/mol. The monoisotopic (exact) mass is 552 g/mol. The summed E-state index contributed by atoms with van der Waals surface area (Å²) in [5.41, 5.74) is 4.67. The third-order valence-corrected chi connectivity index (χ3v) is 10.3. The first-order valence-corrected chi connectivity index (χ1v) is 15.1. The molecular weight excluding hydrogens is 516 g/mol. The fourth-order valence-corrected chi connectivity index (χ4v) is 8.16. The Labute approximate surface area is 239 Å². The number of fused-ring (bicyclic) bond motifs is 4. The molecule has 4 fully saturated rings. The lowest BCUT2D eigenvalue weighted by atomic mass is 9.95. The molecule has 5 aliphatic rings. The minimum Gasteiger partial charge on any atom is -0.461 e. The van der Waals surface area contributed by atoms with E-state index in [1.807, 2.05) is 0 Å². The molecule has 9 heteroatoms. The van der Waals surface area contributed by atoms with E-state index in [0.29, 0.717) is 32.3 Å². The summed E-state index contributed by atoms with van der Waals surface area (Å²) in [6, 6.07) is 13.4. The predicted molar refractivity (Wildman–Crippen MR) is 156 cm³/mol. The van der Waals surface area contributed by atoms with Crippen molar-refractivity contribution in [3.8, 4) is 6.01 Å². The zero-order valence-corrected chi connectivity index (χ0v) is 23.6. The highest BCUT2D eigenvalue weighted by Gasteiger charge is 2.49. The summed E-state index contributed by atoms with van der Waals surface area (Å²) in [6.45, 7) is 7.55. The number of benzene rings is 2. The Hall–Kier alpha value is -3.72. The van der Waals surface area contributed by atoms with Gasteiger partial charge in [0.25, 0.3) is 0 Å². The standard InChI is InChI=1S/C32H36N6O3/c1-20-6-2-7-21-8-3-9-26(27(20)21)36-15-10-22-25(18-36)33-31(41-19-32-11-4-13-38(32)14-5-12-32)34-28(22)37-16-23-24(17-37)30(40)35-29(23)39/h2-3,6-9,23-24H,4-5,10-19H2,1H3,(H,35,39,40). The number of imide groups is 1. The normalized spacial score (nSPS) is 25.0. The maximum atomic E-state index is 12.5. The number of carbonyl (C=O) groups excluding carboxylic acids is 2. The van der Waals surface area contributed by atoms with E-state index in [0.717, 1.165) is 56.0 Å². The zero-order valence-electron chi connectivity index (χ0n) is 23.6. The van der Waals surface area contributed by atoms with Crippen molar-refractivity contribution in [2.45, 2.75) is 51.1 Å². The first kappa shape index (κ1) is 25.0. The van der Waals surface area contributed by atoms with E-state index in [-0.39, 0.29) is 29.2 Å². The van der Waals surface area contributed by atoms with E-state index < -0.39 is 0 Å². The first-order valence-electron chi connectivity index (χ1n) is 15.1. The molecule has 2 unspecified atom stereocenters. The summed E-state index contributed by atoms with van der Waals surface area (Å²) in [4.78, 5) is 42.1. The second-order valence-corrected chi connectivity index (χ2v) is 12.6. The second-order valence-electron chi connectivity index (χ2n) is 12.6. The smallest absolute Gasteiger partial charge is 0.318 e. The van der Waals surface area contributed by atoms with Gasteiger partial charge in [-0.3, -0.25) is 19.8 Å². The van der Waals surface area contributed by atoms with Crippen LogP contribution in [0.2, 0.25) is 0 Å². The third kappa shape index (κ3) is 4.00. The zero-order chi connectivity index (χ0) is 27.7. The van der Waals surface area contributed by atoms with Crippen LogP contribution in [0, 0.1) is 18.8 Å². The number of rotatable bonds is 5. The van der Waals surface area contributed by atoms with Gasteiger partial charge in [-0.15, -0.1) is 0 Å². The minimum atomic E-state index is -0.319.